The number of hydrogen-bond acceptors (Lipinski definition) is 5. The number of aromatic nitrogens is 1. The number of anilines is 1. The molecule has 3 heterocycles. The zero-order valence-corrected chi connectivity index (χ0v) is 28.3. The standard InChI is InChI=1S/C34H41N5O5P2/c1-26-14-16-30(17-15-26)39-27(2)32(34(40)36-46(42,37-18-22-43-23-19-37)38-20-24-44-25-21-38)33(28(39)3)45(41,31-12-8-5-9-13-31)35-29-10-6-4-7-11-29/h4-17H,18-25H2,1-3H3,(H,35,41)(H,36,40,42)/t45-/m0/s1. The zero-order valence-electron chi connectivity index (χ0n) is 26.5. The highest BCUT2D eigenvalue weighted by Gasteiger charge is 2.44. The van der Waals surface area contributed by atoms with Gasteiger partial charge in [-0.1, -0.05) is 54.1 Å². The molecule has 46 heavy (non-hydrogen) atoms. The number of amides is 1. The predicted octanol–water partition coefficient (Wildman–Crippen LogP) is 5.25. The first-order valence-electron chi connectivity index (χ1n) is 15.6. The Bertz CT molecular complexity index is 1750. The average molecular weight is 662 g/mol. The van der Waals surface area contributed by atoms with Gasteiger partial charge in [0.05, 0.1) is 37.3 Å². The summed E-state index contributed by atoms with van der Waals surface area (Å²) in [5, 5.41) is 7.31. The van der Waals surface area contributed by atoms with Crippen LogP contribution in [0.3, 0.4) is 0 Å². The molecule has 1 amide bonds. The number of rotatable bonds is 9. The van der Waals surface area contributed by atoms with Gasteiger partial charge in [0.1, 0.15) is 0 Å². The molecule has 0 bridgehead atoms. The molecule has 4 aromatic rings. The number of ether oxygens (including phenoxy) is 2. The molecular weight excluding hydrogens is 620 g/mol. The van der Waals surface area contributed by atoms with Crippen LogP contribution in [0, 0.1) is 20.8 Å². The number of benzene rings is 3. The molecule has 2 saturated heterocycles. The Labute approximate surface area is 270 Å². The van der Waals surface area contributed by atoms with Crippen LogP contribution in [0.15, 0.2) is 84.9 Å². The average Bonchev–Trinajstić information content (AvgIpc) is 3.36. The van der Waals surface area contributed by atoms with Crippen LogP contribution in [0.25, 0.3) is 5.69 Å². The number of morpholine rings is 2. The zero-order chi connectivity index (χ0) is 32.3. The molecular formula is C34H41N5O5P2. The summed E-state index contributed by atoms with van der Waals surface area (Å²) >= 11 is 0. The first kappa shape index (κ1) is 32.5. The smallest absolute Gasteiger partial charge is 0.311 e. The van der Waals surface area contributed by atoms with Gasteiger partial charge >= 0.3 is 7.59 Å². The SMILES string of the molecule is Cc1ccc(-n2c(C)c(C(=O)NP(=O)(N3CCOCC3)N3CCOCC3)c([P@](=O)(Nc3ccccc3)c3ccccc3)c2C)cc1. The molecule has 0 spiro atoms. The van der Waals surface area contributed by atoms with Gasteiger partial charge in [-0.05, 0) is 57.2 Å². The lowest BCUT2D eigenvalue weighted by Gasteiger charge is -2.41. The molecule has 6 rings (SSSR count). The van der Waals surface area contributed by atoms with Crippen LogP contribution in [0.4, 0.5) is 5.69 Å². The minimum absolute atomic E-state index is 0.246. The lowest BCUT2D eigenvalue weighted by Crippen LogP contribution is -2.48. The Morgan fingerprint density at radius 3 is 1.76 bits per heavy atom. The van der Waals surface area contributed by atoms with Crippen molar-refractivity contribution >= 4 is 37.1 Å². The highest BCUT2D eigenvalue weighted by Crippen LogP contribution is 2.51. The molecule has 2 aliphatic rings. The summed E-state index contributed by atoms with van der Waals surface area (Å²) in [7, 11) is -7.35. The molecule has 0 aliphatic carbocycles. The molecule has 1 atom stereocenters. The lowest BCUT2D eigenvalue weighted by atomic mass is 10.2. The Morgan fingerprint density at radius 1 is 0.696 bits per heavy atom. The second-order valence-electron chi connectivity index (χ2n) is 11.6. The van der Waals surface area contributed by atoms with Crippen molar-refractivity contribution in [2.45, 2.75) is 20.8 Å². The van der Waals surface area contributed by atoms with Crippen molar-refractivity contribution in [2.24, 2.45) is 0 Å². The maximum absolute atomic E-state index is 15.7. The summed E-state index contributed by atoms with van der Waals surface area (Å²) in [6.45, 7) is 9.12. The molecule has 2 N–H and O–H groups in total. The first-order valence-corrected chi connectivity index (χ1v) is 18.9. The van der Waals surface area contributed by atoms with Crippen LogP contribution in [-0.4, -0.2) is 72.4 Å². The van der Waals surface area contributed by atoms with E-state index < -0.39 is 20.8 Å². The van der Waals surface area contributed by atoms with E-state index in [0.717, 1.165) is 11.3 Å². The van der Waals surface area contributed by atoms with Gasteiger partial charge < -0.3 is 19.1 Å². The first-order chi connectivity index (χ1) is 22.2. The third kappa shape index (κ3) is 6.26. The van der Waals surface area contributed by atoms with Crippen molar-refractivity contribution in [3.05, 3.63) is 107 Å². The van der Waals surface area contributed by atoms with E-state index >= 15 is 9.13 Å². The second-order valence-corrected chi connectivity index (χ2v) is 16.5. The predicted molar refractivity (Wildman–Crippen MR) is 183 cm³/mol. The summed E-state index contributed by atoms with van der Waals surface area (Å²) in [6.07, 6.45) is 0. The third-order valence-electron chi connectivity index (χ3n) is 8.62. The molecule has 12 heteroatoms. The lowest BCUT2D eigenvalue weighted by molar-refractivity contribution is 0.0505. The second kappa shape index (κ2) is 13.7. The minimum atomic E-state index is -3.73. The number of carbonyl (C=O) groups excluding carboxylic acids is 1. The summed E-state index contributed by atoms with van der Waals surface area (Å²) in [5.41, 5.74) is 4.11. The number of nitrogens with zero attached hydrogens (tertiary/aromatic N) is 3. The maximum Gasteiger partial charge on any atom is 0.311 e. The van der Waals surface area contributed by atoms with Gasteiger partial charge in [-0.25, -0.2) is 9.34 Å². The number of aryl methyl sites for hydroxylation is 1. The Balaban J connectivity index is 1.55. The van der Waals surface area contributed by atoms with Crippen molar-refractivity contribution < 1.29 is 23.4 Å². The van der Waals surface area contributed by atoms with Crippen molar-refractivity contribution in [1.82, 2.24) is 19.0 Å². The molecule has 2 aliphatic heterocycles. The molecule has 242 valence electrons. The Kier molecular flexibility index (Phi) is 9.67. The fraction of sp³-hybridized carbons (Fsp3) is 0.324. The highest BCUT2D eigenvalue weighted by molar-refractivity contribution is 7.80. The molecule has 0 saturated carbocycles. The topological polar surface area (TPSA) is 105 Å². The van der Waals surface area contributed by atoms with Crippen molar-refractivity contribution in [1.29, 1.82) is 0 Å². The largest absolute Gasteiger partial charge is 0.379 e. The Morgan fingerprint density at radius 2 is 1.22 bits per heavy atom. The third-order valence-corrected chi connectivity index (χ3v) is 14.2. The summed E-state index contributed by atoms with van der Waals surface area (Å²) in [6, 6.07) is 26.6. The van der Waals surface area contributed by atoms with Gasteiger partial charge in [0.15, 0.2) is 0 Å². The summed E-state index contributed by atoms with van der Waals surface area (Å²) in [4.78, 5) is 14.8. The van der Waals surface area contributed by atoms with Crippen LogP contribution < -0.4 is 20.8 Å². The molecule has 0 radical (unpaired) electrons. The quantitative estimate of drug-likeness (QED) is 0.235. The fourth-order valence-corrected chi connectivity index (χ4v) is 11.5. The van der Waals surface area contributed by atoms with E-state index in [0.29, 0.717) is 80.3 Å². The highest BCUT2D eigenvalue weighted by atomic mass is 31.2. The maximum atomic E-state index is 15.7. The molecule has 1 aromatic heterocycles. The van der Waals surface area contributed by atoms with Gasteiger partial charge in [0, 0.05) is 54.2 Å². The monoisotopic (exact) mass is 661 g/mol. The minimum Gasteiger partial charge on any atom is -0.379 e. The molecule has 3 aromatic carbocycles. The molecule has 2 fully saturated rings. The van der Waals surface area contributed by atoms with Gasteiger partial charge in [-0.2, -0.15) is 0 Å². The number of hydrogen-bond donors (Lipinski definition) is 2. The van der Waals surface area contributed by atoms with E-state index in [1.54, 1.807) is 0 Å². The van der Waals surface area contributed by atoms with E-state index in [1.165, 1.54) is 0 Å². The summed E-state index contributed by atoms with van der Waals surface area (Å²) in [5.74, 6) is -0.534. The van der Waals surface area contributed by atoms with Gasteiger partial charge in [-0.3, -0.25) is 19.0 Å². The van der Waals surface area contributed by atoms with Crippen LogP contribution in [-0.2, 0) is 18.6 Å². The number of para-hydroxylation sites is 1. The van der Waals surface area contributed by atoms with Crippen molar-refractivity contribution in [2.75, 3.05) is 57.7 Å². The number of carbonyl (C=O) groups is 1. The van der Waals surface area contributed by atoms with Gasteiger partial charge in [0.2, 0.25) is 7.29 Å². The van der Waals surface area contributed by atoms with E-state index in [2.05, 4.69) is 10.2 Å². The van der Waals surface area contributed by atoms with Gasteiger partial charge in [0.25, 0.3) is 5.91 Å². The van der Waals surface area contributed by atoms with Gasteiger partial charge in [-0.15, -0.1) is 0 Å². The summed E-state index contributed by atoms with van der Waals surface area (Å²) < 4.78 is 47.6. The normalized spacial score (nSPS) is 17.7. The van der Waals surface area contributed by atoms with E-state index in [4.69, 9.17) is 9.47 Å². The van der Waals surface area contributed by atoms with Crippen molar-refractivity contribution in [3.8, 4) is 5.69 Å². The van der Waals surface area contributed by atoms with Crippen LogP contribution in [0.1, 0.15) is 27.3 Å². The van der Waals surface area contributed by atoms with Crippen LogP contribution >= 0.6 is 14.9 Å². The van der Waals surface area contributed by atoms with Crippen LogP contribution in [0.5, 0.6) is 0 Å². The van der Waals surface area contributed by atoms with Crippen LogP contribution in [0.2, 0.25) is 0 Å². The van der Waals surface area contributed by atoms with E-state index in [9.17, 15) is 4.79 Å². The Hall–Kier alpha value is -3.49. The van der Waals surface area contributed by atoms with E-state index in [-0.39, 0.29) is 5.56 Å². The molecule has 10 nitrogen and oxygen atoms in total. The van der Waals surface area contributed by atoms with E-state index in [1.807, 2.05) is 120 Å². The number of nitrogens with one attached hydrogen (secondary N) is 2. The van der Waals surface area contributed by atoms with Crippen molar-refractivity contribution in [3.63, 3.8) is 0 Å². The fourth-order valence-electron chi connectivity index (χ4n) is 6.30. The molecule has 0 unspecified atom stereocenters.